The number of pyridine rings is 1. The first-order valence-corrected chi connectivity index (χ1v) is 5.19. The molecule has 0 fully saturated rings. The number of hydrogen-bond acceptors (Lipinski definition) is 4. The maximum atomic E-state index is 11.4. The zero-order valence-corrected chi connectivity index (χ0v) is 9.56. The van der Waals surface area contributed by atoms with Crippen molar-refractivity contribution in [3.63, 3.8) is 0 Å². The third-order valence-electron chi connectivity index (χ3n) is 1.83. The first-order valence-electron chi connectivity index (χ1n) is 4.39. The molecule has 0 spiro atoms. The summed E-state index contributed by atoms with van der Waals surface area (Å²) >= 11 is 3.31. The fourth-order valence-corrected chi connectivity index (χ4v) is 1.52. The van der Waals surface area contributed by atoms with Gasteiger partial charge in [0.2, 0.25) is 5.82 Å². The maximum absolute atomic E-state index is 11.4. The van der Waals surface area contributed by atoms with Crippen molar-refractivity contribution in [1.29, 1.82) is 0 Å². The van der Waals surface area contributed by atoms with Gasteiger partial charge >= 0.3 is 5.97 Å². The molecular formula is C9H8BrN3O2. The van der Waals surface area contributed by atoms with Gasteiger partial charge in [0, 0.05) is 10.7 Å². The zero-order chi connectivity index (χ0) is 10.8. The van der Waals surface area contributed by atoms with Gasteiger partial charge in [0.05, 0.1) is 6.61 Å². The molecule has 0 unspecified atom stereocenters. The molecule has 78 valence electrons. The normalized spacial score (nSPS) is 10.5. The molecule has 2 aromatic heterocycles. The van der Waals surface area contributed by atoms with Crippen LogP contribution in [0.1, 0.15) is 17.5 Å². The highest BCUT2D eigenvalue weighted by molar-refractivity contribution is 9.10. The summed E-state index contributed by atoms with van der Waals surface area (Å²) in [5.74, 6) is -0.272. The van der Waals surface area contributed by atoms with E-state index in [2.05, 4.69) is 26.1 Å². The predicted molar refractivity (Wildman–Crippen MR) is 56.6 cm³/mol. The third-order valence-corrected chi connectivity index (χ3v) is 2.32. The number of halogens is 1. The van der Waals surface area contributed by atoms with E-state index >= 15 is 0 Å². The second kappa shape index (κ2) is 3.98. The van der Waals surface area contributed by atoms with Crippen LogP contribution in [0, 0.1) is 0 Å². The van der Waals surface area contributed by atoms with Crippen molar-refractivity contribution in [2.24, 2.45) is 0 Å². The van der Waals surface area contributed by atoms with E-state index < -0.39 is 5.97 Å². The van der Waals surface area contributed by atoms with Crippen LogP contribution >= 0.6 is 15.9 Å². The van der Waals surface area contributed by atoms with Crippen LogP contribution in [0.15, 0.2) is 22.8 Å². The number of carbonyl (C=O) groups excluding carboxylic acids is 1. The van der Waals surface area contributed by atoms with E-state index in [0.29, 0.717) is 12.3 Å². The number of fused-ring (bicyclic) bond motifs is 1. The average Bonchev–Trinajstić information content (AvgIpc) is 2.60. The van der Waals surface area contributed by atoms with Crippen molar-refractivity contribution >= 4 is 27.5 Å². The fraction of sp³-hybridized carbons (Fsp3) is 0.222. The minimum Gasteiger partial charge on any atom is -0.460 e. The fourth-order valence-electron chi connectivity index (χ4n) is 1.20. The summed E-state index contributed by atoms with van der Waals surface area (Å²) < 4.78 is 7.32. The Hall–Kier alpha value is -1.43. The van der Waals surface area contributed by atoms with E-state index in [9.17, 15) is 4.79 Å². The number of esters is 1. The molecule has 0 aliphatic heterocycles. The van der Waals surface area contributed by atoms with Gasteiger partial charge in [-0.05, 0) is 19.1 Å². The highest BCUT2D eigenvalue weighted by Gasteiger charge is 2.14. The molecule has 15 heavy (non-hydrogen) atoms. The Balaban J connectivity index is 2.49. The summed E-state index contributed by atoms with van der Waals surface area (Å²) in [7, 11) is 0. The third kappa shape index (κ3) is 1.85. The van der Waals surface area contributed by atoms with E-state index in [4.69, 9.17) is 4.74 Å². The lowest BCUT2D eigenvalue weighted by Gasteiger charge is -1.99. The smallest absolute Gasteiger partial charge is 0.376 e. The highest BCUT2D eigenvalue weighted by atomic mass is 79.9. The van der Waals surface area contributed by atoms with Gasteiger partial charge in [0.15, 0.2) is 5.65 Å². The Kier molecular flexibility index (Phi) is 2.68. The summed E-state index contributed by atoms with van der Waals surface area (Å²) in [6.07, 6.45) is 1.71. The molecule has 0 amide bonds. The lowest BCUT2D eigenvalue weighted by atomic mass is 10.4. The number of carbonyl (C=O) groups is 1. The summed E-state index contributed by atoms with van der Waals surface area (Å²) in [5, 5.41) is 7.64. The molecule has 5 nitrogen and oxygen atoms in total. The Morgan fingerprint density at radius 1 is 1.60 bits per heavy atom. The van der Waals surface area contributed by atoms with Crippen LogP contribution in [0.3, 0.4) is 0 Å². The Bertz CT molecular complexity index is 509. The Morgan fingerprint density at radius 3 is 3.13 bits per heavy atom. The second-order valence-corrected chi connectivity index (χ2v) is 3.73. The monoisotopic (exact) mass is 269 g/mol. The molecule has 2 heterocycles. The standard InChI is InChI=1S/C9H8BrN3O2/c1-2-15-9(14)8-12-11-7-5-6(10)3-4-13(7)8/h3-5H,2H2,1H3. The summed E-state index contributed by atoms with van der Waals surface area (Å²) in [6, 6.07) is 3.58. The van der Waals surface area contributed by atoms with Crippen LogP contribution in [0.5, 0.6) is 0 Å². The number of hydrogen-bond donors (Lipinski definition) is 0. The van der Waals surface area contributed by atoms with Gasteiger partial charge in [0.1, 0.15) is 0 Å². The van der Waals surface area contributed by atoms with Gasteiger partial charge in [-0.2, -0.15) is 0 Å². The van der Waals surface area contributed by atoms with Crippen LogP contribution < -0.4 is 0 Å². The molecule has 0 aromatic carbocycles. The van der Waals surface area contributed by atoms with Crippen molar-refractivity contribution in [3.05, 3.63) is 28.6 Å². The largest absolute Gasteiger partial charge is 0.460 e. The predicted octanol–water partition coefficient (Wildman–Crippen LogP) is 1.67. The molecule has 0 aliphatic carbocycles. The van der Waals surface area contributed by atoms with Crippen LogP contribution in [0.25, 0.3) is 5.65 Å². The average molecular weight is 270 g/mol. The molecule has 0 aliphatic rings. The van der Waals surface area contributed by atoms with E-state index in [1.165, 1.54) is 0 Å². The lowest BCUT2D eigenvalue weighted by molar-refractivity contribution is 0.0510. The molecule has 0 radical (unpaired) electrons. The van der Waals surface area contributed by atoms with Crippen LogP contribution in [-0.2, 0) is 4.74 Å². The van der Waals surface area contributed by atoms with Gasteiger partial charge in [-0.25, -0.2) is 4.79 Å². The molecule has 0 bridgehead atoms. The molecule has 0 atom stereocenters. The van der Waals surface area contributed by atoms with Crippen molar-refractivity contribution in [3.8, 4) is 0 Å². The van der Waals surface area contributed by atoms with Crippen molar-refractivity contribution in [1.82, 2.24) is 14.6 Å². The van der Waals surface area contributed by atoms with Gasteiger partial charge in [-0.1, -0.05) is 15.9 Å². The van der Waals surface area contributed by atoms with Gasteiger partial charge in [-0.15, -0.1) is 10.2 Å². The summed E-state index contributed by atoms with van der Waals surface area (Å²) in [4.78, 5) is 11.4. The van der Waals surface area contributed by atoms with E-state index in [1.807, 2.05) is 0 Å². The molecule has 0 saturated carbocycles. The van der Waals surface area contributed by atoms with Crippen LogP contribution in [-0.4, -0.2) is 27.2 Å². The van der Waals surface area contributed by atoms with Gasteiger partial charge in [-0.3, -0.25) is 4.40 Å². The maximum Gasteiger partial charge on any atom is 0.376 e. The first-order chi connectivity index (χ1) is 7.22. The quantitative estimate of drug-likeness (QED) is 0.779. The molecule has 0 saturated heterocycles. The summed E-state index contributed by atoms with van der Waals surface area (Å²) in [6.45, 7) is 2.07. The lowest BCUT2D eigenvalue weighted by Crippen LogP contribution is -2.09. The molecule has 2 aromatic rings. The minimum absolute atomic E-state index is 0.194. The Labute approximate surface area is 94.2 Å². The molecule has 6 heteroatoms. The van der Waals surface area contributed by atoms with E-state index in [-0.39, 0.29) is 5.82 Å². The molecule has 0 N–H and O–H groups in total. The number of aromatic nitrogens is 3. The van der Waals surface area contributed by atoms with Crippen molar-refractivity contribution in [2.45, 2.75) is 6.92 Å². The minimum atomic E-state index is -0.465. The van der Waals surface area contributed by atoms with E-state index in [1.54, 1.807) is 29.7 Å². The Morgan fingerprint density at radius 2 is 2.40 bits per heavy atom. The van der Waals surface area contributed by atoms with Crippen molar-refractivity contribution < 1.29 is 9.53 Å². The first kappa shape index (κ1) is 10.1. The van der Waals surface area contributed by atoms with Crippen LogP contribution in [0.4, 0.5) is 0 Å². The SMILES string of the molecule is CCOC(=O)c1nnc2cc(Br)ccn12. The number of nitrogens with zero attached hydrogens (tertiary/aromatic N) is 3. The molecule has 2 rings (SSSR count). The van der Waals surface area contributed by atoms with Gasteiger partial charge in [0.25, 0.3) is 0 Å². The number of rotatable bonds is 2. The number of ether oxygens (including phenoxy) is 1. The highest BCUT2D eigenvalue weighted by Crippen LogP contribution is 2.12. The van der Waals surface area contributed by atoms with Crippen LogP contribution in [0.2, 0.25) is 0 Å². The van der Waals surface area contributed by atoms with Gasteiger partial charge < -0.3 is 4.74 Å². The molecular weight excluding hydrogens is 262 g/mol. The van der Waals surface area contributed by atoms with E-state index in [0.717, 1.165) is 4.47 Å². The van der Waals surface area contributed by atoms with Crippen molar-refractivity contribution in [2.75, 3.05) is 6.61 Å². The summed E-state index contributed by atoms with van der Waals surface area (Å²) in [5.41, 5.74) is 0.604. The zero-order valence-electron chi connectivity index (χ0n) is 7.98. The second-order valence-electron chi connectivity index (χ2n) is 2.82. The topological polar surface area (TPSA) is 56.5 Å².